The van der Waals surface area contributed by atoms with Gasteiger partial charge in [-0.1, -0.05) is 0 Å². The first-order valence-corrected chi connectivity index (χ1v) is 9.48. The molecular weight excluding hydrogens is 338 g/mol. The Kier molecular flexibility index (Phi) is 8.27. The molecule has 0 unspecified atom stereocenters. The maximum Gasteiger partial charge on any atom is 0.326 e. The van der Waals surface area contributed by atoms with Gasteiger partial charge in [-0.2, -0.15) is 0 Å². The second kappa shape index (κ2) is 10.4. The van der Waals surface area contributed by atoms with Crippen LogP contribution in [0.4, 0.5) is 0 Å². The van der Waals surface area contributed by atoms with Crippen LogP contribution in [0.2, 0.25) is 0 Å². The van der Waals surface area contributed by atoms with E-state index < -0.39 is 18.1 Å². The molecule has 5 N–H and O–H groups in total. The summed E-state index contributed by atoms with van der Waals surface area (Å²) in [5.41, 5.74) is 5.53. The minimum atomic E-state index is -0.983. The Labute approximate surface area is 154 Å². The smallest absolute Gasteiger partial charge is 0.326 e. The van der Waals surface area contributed by atoms with Gasteiger partial charge in [-0.3, -0.25) is 14.5 Å². The zero-order chi connectivity index (χ0) is 18.9. The van der Waals surface area contributed by atoms with Crippen LogP contribution in [0.5, 0.6) is 0 Å². The summed E-state index contributed by atoms with van der Waals surface area (Å²) in [4.78, 5) is 40.1. The molecule has 2 aliphatic heterocycles. The number of nitrogens with two attached hydrogens (primary N) is 1. The Bertz CT molecular complexity index is 496. The van der Waals surface area contributed by atoms with E-state index >= 15 is 0 Å². The number of carbonyl (C=O) groups is 3. The second-order valence-electron chi connectivity index (χ2n) is 6.96. The number of rotatable bonds is 9. The Hall–Kier alpha value is -1.71. The number of hydrogen-bond acceptors (Lipinski definition) is 6. The zero-order valence-electron chi connectivity index (χ0n) is 15.3. The van der Waals surface area contributed by atoms with Crippen molar-refractivity contribution in [1.29, 1.82) is 0 Å². The summed E-state index contributed by atoms with van der Waals surface area (Å²) in [7, 11) is 0. The third kappa shape index (κ3) is 5.93. The van der Waals surface area contributed by atoms with Gasteiger partial charge in [0.15, 0.2) is 0 Å². The van der Waals surface area contributed by atoms with Gasteiger partial charge in [0.1, 0.15) is 12.1 Å². The SMILES string of the molecule is NCCCC[C@H](NC(=O)CN1CCNCC1)C(=O)N1CCC[C@H]1C(=O)O. The van der Waals surface area contributed by atoms with Crippen LogP contribution < -0.4 is 16.4 Å². The van der Waals surface area contributed by atoms with E-state index in [2.05, 4.69) is 10.6 Å². The quantitative estimate of drug-likeness (QED) is 0.367. The standard InChI is InChI=1S/C17H31N5O4/c18-6-2-1-4-13(16(24)22-9-3-5-14(22)17(25)26)20-15(23)12-21-10-7-19-8-11-21/h13-14,19H,1-12,18H2,(H,20,23)(H,25,26)/t13-,14-/m0/s1. The molecule has 26 heavy (non-hydrogen) atoms. The van der Waals surface area contributed by atoms with E-state index in [0.717, 1.165) is 32.6 Å². The minimum absolute atomic E-state index is 0.191. The fraction of sp³-hybridized carbons (Fsp3) is 0.824. The van der Waals surface area contributed by atoms with E-state index in [4.69, 9.17) is 5.73 Å². The van der Waals surface area contributed by atoms with Crippen molar-refractivity contribution in [3.63, 3.8) is 0 Å². The fourth-order valence-corrected chi connectivity index (χ4v) is 3.55. The van der Waals surface area contributed by atoms with Gasteiger partial charge in [0.25, 0.3) is 0 Å². The van der Waals surface area contributed by atoms with Gasteiger partial charge < -0.3 is 26.4 Å². The third-order valence-electron chi connectivity index (χ3n) is 4.98. The molecule has 0 aromatic carbocycles. The van der Waals surface area contributed by atoms with E-state index in [1.54, 1.807) is 0 Å². The summed E-state index contributed by atoms with van der Waals surface area (Å²) < 4.78 is 0. The lowest BCUT2D eigenvalue weighted by Gasteiger charge is -2.29. The second-order valence-corrected chi connectivity index (χ2v) is 6.96. The summed E-state index contributed by atoms with van der Waals surface area (Å²) in [6, 6.07) is -1.47. The normalized spacial score (nSPS) is 22.2. The summed E-state index contributed by atoms with van der Waals surface area (Å²) in [6.45, 7) is 4.50. The zero-order valence-corrected chi connectivity index (χ0v) is 15.3. The van der Waals surface area contributed by atoms with Gasteiger partial charge in [-0.05, 0) is 38.6 Å². The van der Waals surface area contributed by atoms with Crippen molar-refractivity contribution in [3.8, 4) is 0 Å². The molecule has 0 aliphatic carbocycles. The molecule has 0 radical (unpaired) electrons. The Morgan fingerprint density at radius 1 is 1.19 bits per heavy atom. The fourth-order valence-electron chi connectivity index (χ4n) is 3.55. The highest BCUT2D eigenvalue weighted by atomic mass is 16.4. The van der Waals surface area contributed by atoms with E-state index in [0.29, 0.717) is 38.8 Å². The first kappa shape index (κ1) is 20.6. The predicted molar refractivity (Wildman–Crippen MR) is 96.5 cm³/mol. The number of amides is 2. The summed E-state index contributed by atoms with van der Waals surface area (Å²) in [5.74, 6) is -1.46. The number of nitrogens with zero attached hydrogens (tertiary/aromatic N) is 2. The van der Waals surface area contributed by atoms with Gasteiger partial charge in [-0.15, -0.1) is 0 Å². The van der Waals surface area contributed by atoms with Crippen LogP contribution in [-0.2, 0) is 14.4 Å². The van der Waals surface area contributed by atoms with Crippen LogP contribution in [0.25, 0.3) is 0 Å². The van der Waals surface area contributed by atoms with Crippen LogP contribution >= 0.6 is 0 Å². The van der Waals surface area contributed by atoms with Gasteiger partial charge in [0, 0.05) is 32.7 Å². The number of carbonyl (C=O) groups excluding carboxylic acids is 2. The van der Waals surface area contributed by atoms with Crippen molar-refractivity contribution in [2.24, 2.45) is 5.73 Å². The third-order valence-corrected chi connectivity index (χ3v) is 4.98. The molecule has 0 bridgehead atoms. The van der Waals surface area contributed by atoms with Crippen molar-refractivity contribution in [1.82, 2.24) is 20.4 Å². The highest BCUT2D eigenvalue weighted by Crippen LogP contribution is 2.19. The van der Waals surface area contributed by atoms with Gasteiger partial charge in [0.05, 0.1) is 6.54 Å². The molecule has 2 rings (SSSR count). The topological polar surface area (TPSA) is 128 Å². The molecule has 2 atom stereocenters. The molecular formula is C17H31N5O4. The largest absolute Gasteiger partial charge is 0.480 e. The highest BCUT2D eigenvalue weighted by molar-refractivity contribution is 5.91. The number of carboxylic acids is 1. The van der Waals surface area contributed by atoms with E-state index in [9.17, 15) is 19.5 Å². The van der Waals surface area contributed by atoms with Crippen LogP contribution in [0.15, 0.2) is 0 Å². The van der Waals surface area contributed by atoms with Gasteiger partial charge in [-0.25, -0.2) is 4.79 Å². The van der Waals surface area contributed by atoms with E-state index in [1.807, 2.05) is 4.90 Å². The molecule has 2 aliphatic rings. The number of hydrogen-bond donors (Lipinski definition) is 4. The summed E-state index contributed by atoms with van der Waals surface area (Å²) in [5, 5.41) is 15.4. The number of unbranched alkanes of at least 4 members (excludes halogenated alkanes) is 1. The number of nitrogens with one attached hydrogen (secondary N) is 2. The van der Waals surface area contributed by atoms with Crippen molar-refractivity contribution < 1.29 is 19.5 Å². The molecule has 2 saturated heterocycles. The van der Waals surface area contributed by atoms with Crippen LogP contribution in [0.3, 0.4) is 0 Å². The molecule has 0 saturated carbocycles. The average molecular weight is 369 g/mol. The lowest BCUT2D eigenvalue weighted by Crippen LogP contribution is -2.54. The van der Waals surface area contributed by atoms with E-state index in [-0.39, 0.29) is 18.4 Å². The summed E-state index contributed by atoms with van der Waals surface area (Å²) >= 11 is 0. The van der Waals surface area contributed by atoms with Crippen molar-refractivity contribution >= 4 is 17.8 Å². The lowest BCUT2D eigenvalue weighted by atomic mass is 10.1. The van der Waals surface area contributed by atoms with Crippen LogP contribution in [0, 0.1) is 0 Å². The molecule has 148 valence electrons. The monoisotopic (exact) mass is 369 g/mol. The van der Waals surface area contributed by atoms with Crippen LogP contribution in [-0.4, -0.2) is 90.6 Å². The molecule has 0 aromatic rings. The molecule has 2 fully saturated rings. The predicted octanol–water partition coefficient (Wildman–Crippen LogP) is -1.42. The summed E-state index contributed by atoms with van der Waals surface area (Å²) in [6.07, 6.45) is 3.09. The molecule has 2 amide bonds. The maximum atomic E-state index is 12.9. The average Bonchev–Trinajstić information content (AvgIpc) is 3.11. The Morgan fingerprint density at radius 2 is 1.92 bits per heavy atom. The molecule has 2 heterocycles. The molecule has 0 spiro atoms. The number of aliphatic carboxylic acids is 1. The van der Waals surface area contributed by atoms with E-state index in [1.165, 1.54) is 4.90 Å². The van der Waals surface area contributed by atoms with Gasteiger partial charge >= 0.3 is 5.97 Å². The maximum absolute atomic E-state index is 12.9. The molecule has 9 nitrogen and oxygen atoms in total. The number of piperazine rings is 1. The highest BCUT2D eigenvalue weighted by Gasteiger charge is 2.37. The Balaban J connectivity index is 1.96. The van der Waals surface area contributed by atoms with Crippen LogP contribution in [0.1, 0.15) is 32.1 Å². The number of carboxylic acid groups (broad SMARTS) is 1. The minimum Gasteiger partial charge on any atom is -0.480 e. The molecule has 0 aromatic heterocycles. The molecule has 9 heteroatoms. The number of likely N-dealkylation sites (tertiary alicyclic amines) is 1. The Morgan fingerprint density at radius 3 is 2.58 bits per heavy atom. The van der Waals surface area contributed by atoms with Crippen molar-refractivity contribution in [2.75, 3.05) is 45.8 Å². The van der Waals surface area contributed by atoms with Gasteiger partial charge in [0.2, 0.25) is 11.8 Å². The lowest BCUT2D eigenvalue weighted by molar-refractivity contribution is -0.149. The first-order chi connectivity index (χ1) is 12.5. The van der Waals surface area contributed by atoms with Crippen molar-refractivity contribution in [3.05, 3.63) is 0 Å². The first-order valence-electron chi connectivity index (χ1n) is 9.48. The van der Waals surface area contributed by atoms with Crippen molar-refractivity contribution in [2.45, 2.75) is 44.2 Å².